The zero-order valence-electron chi connectivity index (χ0n) is 11.0. The van der Waals surface area contributed by atoms with E-state index in [1.165, 1.54) is 7.11 Å². The molecule has 19 heavy (non-hydrogen) atoms. The highest BCUT2D eigenvalue weighted by molar-refractivity contribution is 5.53. The number of para-hydroxylation sites is 1. The van der Waals surface area contributed by atoms with Crippen LogP contribution < -0.4 is 4.74 Å². The van der Waals surface area contributed by atoms with E-state index in [1.807, 2.05) is 6.92 Å². The van der Waals surface area contributed by atoms with Crippen molar-refractivity contribution >= 4 is 5.69 Å². The molecule has 1 heterocycles. The minimum absolute atomic E-state index is 0.0167. The van der Waals surface area contributed by atoms with Crippen LogP contribution in [0.2, 0.25) is 0 Å². The van der Waals surface area contributed by atoms with Gasteiger partial charge in [-0.2, -0.15) is 0 Å². The predicted molar refractivity (Wildman–Crippen MR) is 68.3 cm³/mol. The van der Waals surface area contributed by atoms with E-state index in [-0.39, 0.29) is 11.4 Å². The van der Waals surface area contributed by atoms with Crippen molar-refractivity contribution in [2.45, 2.75) is 25.6 Å². The average Bonchev–Trinajstić information content (AvgIpc) is 2.87. The van der Waals surface area contributed by atoms with Crippen LogP contribution in [0.4, 0.5) is 5.69 Å². The van der Waals surface area contributed by atoms with E-state index in [2.05, 4.69) is 0 Å². The van der Waals surface area contributed by atoms with Crippen molar-refractivity contribution in [3.8, 4) is 5.75 Å². The third kappa shape index (κ3) is 2.69. The Kier molecular flexibility index (Phi) is 4.01. The summed E-state index contributed by atoms with van der Waals surface area (Å²) in [6, 6.07) is 5.03. The van der Waals surface area contributed by atoms with Crippen LogP contribution >= 0.6 is 0 Å². The number of ether oxygens (including phenoxy) is 3. The van der Waals surface area contributed by atoms with Crippen LogP contribution in [0, 0.1) is 10.1 Å². The summed E-state index contributed by atoms with van der Waals surface area (Å²) in [5.41, 5.74) is 0.546. The summed E-state index contributed by atoms with van der Waals surface area (Å²) < 4.78 is 16.3. The summed E-state index contributed by atoms with van der Waals surface area (Å²) in [6.07, 6.45) is 0.985. The largest absolute Gasteiger partial charge is 0.490 e. The highest BCUT2D eigenvalue weighted by Gasteiger charge is 2.37. The number of nitrogens with zero attached hydrogens (tertiary/aromatic N) is 1. The molecule has 2 rings (SSSR count). The van der Waals surface area contributed by atoms with Crippen molar-refractivity contribution in [2.24, 2.45) is 0 Å². The maximum absolute atomic E-state index is 11.2. The lowest BCUT2D eigenvalue weighted by atomic mass is 10.0. The second-order valence-corrected chi connectivity index (χ2v) is 4.36. The lowest BCUT2D eigenvalue weighted by Crippen LogP contribution is -2.32. The fourth-order valence-electron chi connectivity index (χ4n) is 2.30. The Morgan fingerprint density at radius 1 is 1.42 bits per heavy atom. The normalized spacial score (nSPS) is 17.4. The minimum atomic E-state index is -0.753. The van der Waals surface area contributed by atoms with Gasteiger partial charge >= 0.3 is 5.69 Å². The van der Waals surface area contributed by atoms with E-state index >= 15 is 0 Å². The average molecular weight is 267 g/mol. The standard InChI is InChI=1S/C13H17NO5/c1-3-13(18-7-8-19-13)9-10-5-4-6-11(17-2)12(10)14(15)16/h4-6H,3,7-9H2,1-2H3. The van der Waals surface area contributed by atoms with Crippen molar-refractivity contribution in [2.75, 3.05) is 20.3 Å². The van der Waals surface area contributed by atoms with Gasteiger partial charge in [0.15, 0.2) is 11.5 Å². The van der Waals surface area contributed by atoms with E-state index in [0.29, 0.717) is 31.6 Å². The van der Waals surface area contributed by atoms with Gasteiger partial charge in [0.25, 0.3) is 0 Å². The van der Waals surface area contributed by atoms with Crippen LogP contribution in [-0.4, -0.2) is 31.0 Å². The summed E-state index contributed by atoms with van der Waals surface area (Å²) in [4.78, 5) is 10.8. The number of benzene rings is 1. The predicted octanol–water partition coefficient (Wildman–Crippen LogP) is 2.30. The lowest BCUT2D eigenvalue weighted by Gasteiger charge is -2.25. The number of hydrogen-bond donors (Lipinski definition) is 0. The molecule has 0 radical (unpaired) electrons. The van der Waals surface area contributed by atoms with Gasteiger partial charge in [-0.3, -0.25) is 10.1 Å². The second-order valence-electron chi connectivity index (χ2n) is 4.36. The van der Waals surface area contributed by atoms with Crippen molar-refractivity contribution < 1.29 is 19.1 Å². The minimum Gasteiger partial charge on any atom is -0.490 e. The van der Waals surface area contributed by atoms with Gasteiger partial charge in [-0.1, -0.05) is 19.1 Å². The van der Waals surface area contributed by atoms with Gasteiger partial charge in [-0.05, 0) is 12.5 Å². The molecule has 1 aliphatic heterocycles. The van der Waals surface area contributed by atoms with Crippen LogP contribution in [-0.2, 0) is 15.9 Å². The van der Waals surface area contributed by atoms with Crippen LogP contribution in [0.3, 0.4) is 0 Å². The molecule has 6 nitrogen and oxygen atoms in total. The van der Waals surface area contributed by atoms with Crippen LogP contribution in [0.1, 0.15) is 18.9 Å². The highest BCUT2D eigenvalue weighted by atomic mass is 16.7. The van der Waals surface area contributed by atoms with Crippen molar-refractivity contribution in [1.82, 2.24) is 0 Å². The van der Waals surface area contributed by atoms with Gasteiger partial charge < -0.3 is 14.2 Å². The smallest absolute Gasteiger partial charge is 0.314 e. The van der Waals surface area contributed by atoms with Crippen molar-refractivity contribution in [3.05, 3.63) is 33.9 Å². The Balaban J connectivity index is 2.36. The molecule has 1 fully saturated rings. The molecule has 0 unspecified atom stereocenters. The molecule has 0 N–H and O–H groups in total. The first-order chi connectivity index (χ1) is 9.12. The van der Waals surface area contributed by atoms with Crippen LogP contribution in [0.15, 0.2) is 18.2 Å². The molecule has 0 amide bonds. The quantitative estimate of drug-likeness (QED) is 0.604. The van der Waals surface area contributed by atoms with Gasteiger partial charge in [0.05, 0.1) is 25.2 Å². The van der Waals surface area contributed by atoms with Gasteiger partial charge in [-0.15, -0.1) is 0 Å². The molecule has 0 bridgehead atoms. The summed E-state index contributed by atoms with van der Waals surface area (Å²) in [5.74, 6) is -0.497. The van der Waals surface area contributed by atoms with Gasteiger partial charge in [0, 0.05) is 12.0 Å². The molecule has 1 aliphatic rings. The maximum atomic E-state index is 11.2. The third-order valence-electron chi connectivity index (χ3n) is 3.30. The first kappa shape index (κ1) is 13.8. The van der Waals surface area contributed by atoms with E-state index in [0.717, 1.165) is 0 Å². The molecule has 0 spiro atoms. The molecule has 6 heteroatoms. The van der Waals surface area contributed by atoms with Crippen LogP contribution in [0.5, 0.6) is 5.75 Å². The van der Waals surface area contributed by atoms with Crippen LogP contribution in [0.25, 0.3) is 0 Å². The number of nitro benzene ring substituents is 1. The Hall–Kier alpha value is -1.66. The van der Waals surface area contributed by atoms with E-state index in [9.17, 15) is 10.1 Å². The monoisotopic (exact) mass is 267 g/mol. The maximum Gasteiger partial charge on any atom is 0.314 e. The van der Waals surface area contributed by atoms with E-state index in [1.54, 1.807) is 18.2 Å². The molecule has 0 aromatic heterocycles. The Morgan fingerprint density at radius 3 is 2.63 bits per heavy atom. The zero-order valence-corrected chi connectivity index (χ0v) is 11.0. The number of methoxy groups -OCH3 is 1. The van der Waals surface area contributed by atoms with Gasteiger partial charge in [0.1, 0.15) is 0 Å². The van der Waals surface area contributed by atoms with Gasteiger partial charge in [-0.25, -0.2) is 0 Å². The summed E-state index contributed by atoms with van der Waals surface area (Å²) >= 11 is 0. The molecule has 1 aromatic rings. The molecule has 0 atom stereocenters. The molecule has 1 aromatic carbocycles. The third-order valence-corrected chi connectivity index (χ3v) is 3.30. The molecule has 104 valence electrons. The first-order valence-electron chi connectivity index (χ1n) is 6.20. The molecule has 0 aliphatic carbocycles. The first-order valence-corrected chi connectivity index (χ1v) is 6.20. The summed E-state index contributed by atoms with van der Waals surface area (Å²) in [5, 5.41) is 11.2. The van der Waals surface area contributed by atoms with E-state index in [4.69, 9.17) is 14.2 Å². The summed E-state index contributed by atoms with van der Waals surface area (Å²) in [7, 11) is 1.42. The second kappa shape index (κ2) is 5.54. The number of rotatable bonds is 5. The number of hydrogen-bond acceptors (Lipinski definition) is 5. The fourth-order valence-corrected chi connectivity index (χ4v) is 2.30. The lowest BCUT2D eigenvalue weighted by molar-refractivity contribution is -0.386. The molecular formula is C13H17NO5. The van der Waals surface area contributed by atoms with Crippen molar-refractivity contribution in [3.63, 3.8) is 0 Å². The van der Waals surface area contributed by atoms with E-state index < -0.39 is 10.7 Å². The molecule has 0 saturated carbocycles. The number of nitro groups is 1. The van der Waals surface area contributed by atoms with Gasteiger partial charge in [0.2, 0.25) is 0 Å². The highest BCUT2D eigenvalue weighted by Crippen LogP contribution is 2.36. The van der Waals surface area contributed by atoms with Crippen molar-refractivity contribution in [1.29, 1.82) is 0 Å². The Morgan fingerprint density at radius 2 is 2.11 bits per heavy atom. The summed E-state index contributed by atoms with van der Waals surface area (Å²) in [6.45, 7) is 2.98. The molecular weight excluding hydrogens is 250 g/mol. The Bertz CT molecular complexity index is 468. The molecule has 1 saturated heterocycles. The zero-order chi connectivity index (χ0) is 13.9. The fraction of sp³-hybridized carbons (Fsp3) is 0.538. The SMILES string of the molecule is CCC1(Cc2cccc(OC)c2[N+](=O)[O-])OCCO1. The topological polar surface area (TPSA) is 70.8 Å². The Labute approximate surface area is 111 Å².